The smallest absolute Gasteiger partial charge is 0.426 e. The van der Waals surface area contributed by atoms with E-state index in [4.69, 9.17) is 9.47 Å². The SMILES string of the molecule is CCCC(OC(=O)Oc1ccc(C)c(C)c1C)c1ccccc1. The molecule has 0 amide bonds. The maximum Gasteiger partial charge on any atom is 0.514 e. The zero-order chi connectivity index (χ0) is 16.8. The number of rotatable bonds is 5. The molecule has 2 rings (SSSR count). The van der Waals surface area contributed by atoms with Crippen molar-refractivity contribution in [2.75, 3.05) is 0 Å². The maximum absolute atomic E-state index is 12.2. The third-order valence-corrected chi connectivity index (χ3v) is 4.16. The van der Waals surface area contributed by atoms with Crippen LogP contribution in [0.4, 0.5) is 4.79 Å². The molecule has 3 heteroatoms. The van der Waals surface area contributed by atoms with Crippen LogP contribution in [0.5, 0.6) is 5.75 Å². The number of aryl methyl sites for hydroxylation is 1. The third kappa shape index (κ3) is 4.35. The van der Waals surface area contributed by atoms with Crippen molar-refractivity contribution in [2.24, 2.45) is 0 Å². The fraction of sp³-hybridized carbons (Fsp3) is 0.350. The van der Waals surface area contributed by atoms with Gasteiger partial charge in [-0.15, -0.1) is 0 Å². The lowest BCUT2D eigenvalue weighted by atomic mass is 10.0. The first-order chi connectivity index (χ1) is 11.0. The van der Waals surface area contributed by atoms with Gasteiger partial charge in [0, 0.05) is 0 Å². The number of hydrogen-bond donors (Lipinski definition) is 0. The number of benzene rings is 2. The second kappa shape index (κ2) is 7.82. The van der Waals surface area contributed by atoms with Gasteiger partial charge in [-0.25, -0.2) is 4.79 Å². The van der Waals surface area contributed by atoms with E-state index in [2.05, 4.69) is 6.92 Å². The zero-order valence-electron chi connectivity index (χ0n) is 14.3. The van der Waals surface area contributed by atoms with Crippen LogP contribution in [0, 0.1) is 20.8 Å². The van der Waals surface area contributed by atoms with Gasteiger partial charge in [-0.1, -0.05) is 49.7 Å². The Balaban J connectivity index is 2.10. The molecular formula is C20H24O3. The Kier molecular flexibility index (Phi) is 5.80. The van der Waals surface area contributed by atoms with Gasteiger partial charge in [0.15, 0.2) is 0 Å². The van der Waals surface area contributed by atoms with Crippen molar-refractivity contribution in [1.82, 2.24) is 0 Å². The molecule has 3 nitrogen and oxygen atoms in total. The summed E-state index contributed by atoms with van der Waals surface area (Å²) in [5, 5.41) is 0. The molecule has 2 aromatic rings. The van der Waals surface area contributed by atoms with E-state index >= 15 is 0 Å². The lowest BCUT2D eigenvalue weighted by Gasteiger charge is -2.18. The summed E-state index contributed by atoms with van der Waals surface area (Å²) in [7, 11) is 0. The van der Waals surface area contributed by atoms with E-state index in [0.717, 1.165) is 29.5 Å². The Morgan fingerprint density at radius 2 is 1.70 bits per heavy atom. The normalized spacial score (nSPS) is 11.8. The topological polar surface area (TPSA) is 35.5 Å². The summed E-state index contributed by atoms with van der Waals surface area (Å²) in [5.41, 5.74) is 4.26. The first kappa shape index (κ1) is 17.1. The van der Waals surface area contributed by atoms with Crippen LogP contribution in [0.25, 0.3) is 0 Å². The molecule has 0 aliphatic rings. The monoisotopic (exact) mass is 312 g/mol. The number of ether oxygens (including phenoxy) is 2. The van der Waals surface area contributed by atoms with Crippen LogP contribution in [0.2, 0.25) is 0 Å². The van der Waals surface area contributed by atoms with E-state index in [1.807, 2.05) is 63.2 Å². The quantitative estimate of drug-likeness (QED) is 0.527. The molecular weight excluding hydrogens is 288 g/mol. The van der Waals surface area contributed by atoms with Crippen molar-refractivity contribution in [2.45, 2.75) is 46.6 Å². The second-order valence-corrected chi connectivity index (χ2v) is 5.79. The van der Waals surface area contributed by atoms with Gasteiger partial charge in [-0.05, 0) is 55.5 Å². The Morgan fingerprint density at radius 1 is 1.00 bits per heavy atom. The lowest BCUT2D eigenvalue weighted by molar-refractivity contribution is 0.0535. The Labute approximate surface area is 138 Å². The summed E-state index contributed by atoms with van der Waals surface area (Å²) in [6.45, 7) is 8.08. The molecule has 0 N–H and O–H groups in total. The van der Waals surface area contributed by atoms with Crippen molar-refractivity contribution < 1.29 is 14.3 Å². The van der Waals surface area contributed by atoms with Crippen molar-refractivity contribution in [3.05, 3.63) is 64.7 Å². The molecule has 0 aliphatic heterocycles. The van der Waals surface area contributed by atoms with Gasteiger partial charge in [0.05, 0.1) is 0 Å². The number of carbonyl (C=O) groups excluding carboxylic acids is 1. The molecule has 0 spiro atoms. The predicted octanol–water partition coefficient (Wildman–Crippen LogP) is 5.67. The number of hydrogen-bond acceptors (Lipinski definition) is 3. The highest BCUT2D eigenvalue weighted by Crippen LogP contribution is 2.27. The van der Waals surface area contributed by atoms with Crippen LogP contribution in [0.3, 0.4) is 0 Å². The highest BCUT2D eigenvalue weighted by molar-refractivity contribution is 5.65. The van der Waals surface area contributed by atoms with Crippen molar-refractivity contribution >= 4 is 6.16 Å². The van der Waals surface area contributed by atoms with Crippen LogP contribution >= 0.6 is 0 Å². The van der Waals surface area contributed by atoms with Crippen LogP contribution in [-0.4, -0.2) is 6.16 Å². The standard InChI is InChI=1S/C20H24O3/c1-5-9-19(17-10-7-6-8-11-17)23-20(21)22-18-13-12-14(2)15(3)16(18)4/h6-8,10-13,19H,5,9H2,1-4H3. The van der Waals surface area contributed by atoms with E-state index in [0.29, 0.717) is 5.75 Å². The number of carbonyl (C=O) groups is 1. The molecule has 0 fully saturated rings. The molecule has 0 bridgehead atoms. The van der Waals surface area contributed by atoms with E-state index in [1.165, 1.54) is 5.56 Å². The molecule has 1 atom stereocenters. The maximum atomic E-state index is 12.2. The molecule has 0 radical (unpaired) electrons. The summed E-state index contributed by atoms with van der Waals surface area (Å²) >= 11 is 0. The molecule has 0 heterocycles. The fourth-order valence-corrected chi connectivity index (χ4v) is 2.50. The van der Waals surface area contributed by atoms with Crippen LogP contribution in [0.1, 0.15) is 48.1 Å². The summed E-state index contributed by atoms with van der Waals surface area (Å²) < 4.78 is 11.0. The lowest BCUT2D eigenvalue weighted by Crippen LogP contribution is -2.16. The molecule has 0 aliphatic carbocycles. The van der Waals surface area contributed by atoms with E-state index < -0.39 is 6.16 Å². The average molecular weight is 312 g/mol. The molecule has 0 aromatic heterocycles. The summed E-state index contributed by atoms with van der Waals surface area (Å²) in [5.74, 6) is 0.557. The van der Waals surface area contributed by atoms with Gasteiger partial charge in [-0.3, -0.25) is 0 Å². The van der Waals surface area contributed by atoms with Crippen LogP contribution in [0.15, 0.2) is 42.5 Å². The van der Waals surface area contributed by atoms with Crippen LogP contribution < -0.4 is 4.74 Å². The van der Waals surface area contributed by atoms with Gasteiger partial charge in [-0.2, -0.15) is 0 Å². The highest BCUT2D eigenvalue weighted by Gasteiger charge is 2.18. The minimum atomic E-state index is -0.654. The first-order valence-electron chi connectivity index (χ1n) is 8.03. The van der Waals surface area contributed by atoms with E-state index in [9.17, 15) is 4.79 Å². The minimum absolute atomic E-state index is 0.277. The summed E-state index contributed by atoms with van der Waals surface area (Å²) in [4.78, 5) is 12.2. The molecule has 23 heavy (non-hydrogen) atoms. The Bertz CT molecular complexity index is 662. The van der Waals surface area contributed by atoms with Gasteiger partial charge >= 0.3 is 6.16 Å². The molecule has 2 aromatic carbocycles. The van der Waals surface area contributed by atoms with Gasteiger partial charge in [0.1, 0.15) is 11.9 Å². The zero-order valence-corrected chi connectivity index (χ0v) is 14.3. The Hall–Kier alpha value is -2.29. The largest absolute Gasteiger partial charge is 0.514 e. The second-order valence-electron chi connectivity index (χ2n) is 5.79. The highest BCUT2D eigenvalue weighted by atomic mass is 16.7. The van der Waals surface area contributed by atoms with Crippen molar-refractivity contribution in [3.8, 4) is 5.75 Å². The van der Waals surface area contributed by atoms with Crippen LogP contribution in [-0.2, 0) is 4.74 Å². The average Bonchev–Trinajstić information content (AvgIpc) is 2.56. The van der Waals surface area contributed by atoms with Gasteiger partial charge < -0.3 is 9.47 Å². The predicted molar refractivity (Wildman–Crippen MR) is 91.9 cm³/mol. The summed E-state index contributed by atoms with van der Waals surface area (Å²) in [6, 6.07) is 13.5. The molecule has 0 saturated heterocycles. The summed E-state index contributed by atoms with van der Waals surface area (Å²) in [6.07, 6.45) is 0.764. The first-order valence-corrected chi connectivity index (χ1v) is 8.03. The molecule has 0 saturated carbocycles. The van der Waals surface area contributed by atoms with Gasteiger partial charge in [0.25, 0.3) is 0 Å². The van der Waals surface area contributed by atoms with Crippen molar-refractivity contribution in [1.29, 1.82) is 0 Å². The fourth-order valence-electron chi connectivity index (χ4n) is 2.50. The van der Waals surface area contributed by atoms with Gasteiger partial charge in [0.2, 0.25) is 0 Å². The molecule has 1 unspecified atom stereocenters. The van der Waals surface area contributed by atoms with E-state index in [1.54, 1.807) is 0 Å². The minimum Gasteiger partial charge on any atom is -0.426 e. The van der Waals surface area contributed by atoms with Crippen molar-refractivity contribution in [3.63, 3.8) is 0 Å². The Morgan fingerprint density at radius 3 is 2.35 bits per heavy atom. The molecule has 122 valence electrons. The third-order valence-electron chi connectivity index (χ3n) is 4.16. The van der Waals surface area contributed by atoms with E-state index in [-0.39, 0.29) is 6.10 Å².